The van der Waals surface area contributed by atoms with Crippen molar-refractivity contribution in [3.8, 4) is 0 Å². The fraction of sp³-hybridized carbons (Fsp3) is 0.619. The number of hydrogen-bond acceptors (Lipinski definition) is 9. The van der Waals surface area contributed by atoms with E-state index in [1.165, 1.54) is 6.08 Å². The Morgan fingerprint density at radius 2 is 1.88 bits per heavy atom. The number of aliphatic hydroxyl groups is 3. The number of rotatable bonds is 11. The zero-order valence-electron chi connectivity index (χ0n) is 31.5. The van der Waals surface area contributed by atoms with Gasteiger partial charge in [-0.05, 0) is 56.4 Å². The van der Waals surface area contributed by atoms with Crippen LogP contribution < -0.4 is 0 Å². The molecule has 9 nitrogen and oxygen atoms in total. The first-order valence-corrected chi connectivity index (χ1v) is 18.6. The van der Waals surface area contributed by atoms with Crippen molar-refractivity contribution in [1.82, 2.24) is 0 Å². The standard InChI is InChI=1S/C42H62O9/c1-8-35(44)31(5)30(4)26-48-41(47)36(45)20-15-16-21-38-42(7,27-43)39-25-34(50-38)19-12-9-11-17-28(2)23-37-32(6)29(3)24-33(49-37)18-13-10-14-22-40(46)51-39/h10-17,19,22-23,29,31-39,43-45H,4,8-9,18,20-21,24-27H2,1-3,5-7H3/b13-10+,16-15-,17-11+,19-12?,22-14+,28-23-. The maximum atomic E-state index is 13.0. The van der Waals surface area contributed by atoms with Gasteiger partial charge in [-0.2, -0.15) is 0 Å². The first kappa shape index (κ1) is 42.3. The van der Waals surface area contributed by atoms with Crippen LogP contribution in [0.5, 0.6) is 0 Å². The second-order valence-corrected chi connectivity index (χ2v) is 14.8. The van der Waals surface area contributed by atoms with Gasteiger partial charge in [0.05, 0.1) is 42.5 Å². The van der Waals surface area contributed by atoms with E-state index in [1.807, 2.05) is 45.1 Å². The van der Waals surface area contributed by atoms with Crippen molar-refractivity contribution in [3.05, 3.63) is 84.6 Å². The molecular formula is C42H62O9. The van der Waals surface area contributed by atoms with Crippen LogP contribution in [0, 0.1) is 23.2 Å². The Kier molecular flexibility index (Phi) is 17.3. The molecule has 4 bridgehead atoms. The second-order valence-electron chi connectivity index (χ2n) is 14.8. The minimum absolute atomic E-state index is 0.0207. The molecule has 284 valence electrons. The van der Waals surface area contributed by atoms with Gasteiger partial charge in [0.25, 0.3) is 0 Å². The molecule has 0 spiro atoms. The maximum absolute atomic E-state index is 13.0. The largest absolute Gasteiger partial charge is 0.459 e. The zero-order chi connectivity index (χ0) is 37.6. The van der Waals surface area contributed by atoms with Gasteiger partial charge < -0.3 is 34.3 Å². The number of fused-ring (bicyclic) bond motifs is 4. The first-order chi connectivity index (χ1) is 24.3. The van der Waals surface area contributed by atoms with Crippen molar-refractivity contribution < 1.29 is 43.9 Å². The number of carbonyl (C=O) groups excluding carboxylic acids is 2. The SMILES string of the molecule is C=C(COC(=O)C(O)C/C=C\CC1OC2C=CC/C=C/C(C)=C\C3OC(C/C=C/C=C/C(=O)OC(C2)C1(C)CO)CC(C)C3C)C(C)C(O)CC. The number of hydrogen-bond donors (Lipinski definition) is 3. The summed E-state index contributed by atoms with van der Waals surface area (Å²) >= 11 is 0. The molecule has 51 heavy (non-hydrogen) atoms. The molecule has 11 unspecified atom stereocenters. The molecular weight excluding hydrogens is 648 g/mol. The lowest BCUT2D eigenvalue weighted by Gasteiger charge is -2.47. The molecule has 3 aliphatic heterocycles. The van der Waals surface area contributed by atoms with Crippen LogP contribution in [0.1, 0.15) is 86.5 Å². The van der Waals surface area contributed by atoms with Crippen LogP contribution in [0.25, 0.3) is 0 Å². The molecule has 0 aromatic heterocycles. The van der Waals surface area contributed by atoms with Gasteiger partial charge in [-0.25, -0.2) is 9.59 Å². The first-order valence-electron chi connectivity index (χ1n) is 18.6. The minimum Gasteiger partial charge on any atom is -0.459 e. The van der Waals surface area contributed by atoms with Crippen molar-refractivity contribution in [2.75, 3.05) is 13.2 Å². The van der Waals surface area contributed by atoms with Crippen LogP contribution in [-0.4, -0.2) is 83.2 Å². The Labute approximate surface area is 305 Å². The summed E-state index contributed by atoms with van der Waals surface area (Å²) < 4.78 is 24.1. The fourth-order valence-corrected chi connectivity index (χ4v) is 6.70. The van der Waals surface area contributed by atoms with Gasteiger partial charge in [0.1, 0.15) is 12.7 Å². The van der Waals surface area contributed by atoms with Gasteiger partial charge in [0, 0.05) is 24.8 Å². The Balaban J connectivity index is 1.71. The smallest absolute Gasteiger partial charge is 0.335 e. The van der Waals surface area contributed by atoms with Crippen LogP contribution in [0.2, 0.25) is 0 Å². The monoisotopic (exact) mass is 710 g/mol. The predicted octanol–water partition coefficient (Wildman–Crippen LogP) is 6.65. The lowest BCUT2D eigenvalue weighted by molar-refractivity contribution is -0.198. The topological polar surface area (TPSA) is 132 Å². The van der Waals surface area contributed by atoms with Crippen LogP contribution in [-0.2, 0) is 28.5 Å². The van der Waals surface area contributed by atoms with Gasteiger partial charge in [0.15, 0.2) is 6.10 Å². The highest BCUT2D eigenvalue weighted by Crippen LogP contribution is 2.41. The maximum Gasteiger partial charge on any atom is 0.335 e. The Hall–Kier alpha value is -3.08. The molecule has 3 rings (SSSR count). The average Bonchev–Trinajstić information content (AvgIpc) is 3.10. The van der Waals surface area contributed by atoms with Crippen LogP contribution in [0.4, 0.5) is 0 Å². The summed E-state index contributed by atoms with van der Waals surface area (Å²) in [6, 6.07) is 0. The Morgan fingerprint density at radius 3 is 2.61 bits per heavy atom. The number of aliphatic hydroxyl groups excluding tert-OH is 3. The molecule has 0 saturated carbocycles. The molecule has 3 N–H and O–H groups in total. The Morgan fingerprint density at radius 1 is 1.12 bits per heavy atom. The summed E-state index contributed by atoms with van der Waals surface area (Å²) in [5, 5.41) is 31.0. The van der Waals surface area contributed by atoms with Gasteiger partial charge in [-0.3, -0.25) is 0 Å². The fourth-order valence-electron chi connectivity index (χ4n) is 6.70. The summed E-state index contributed by atoms with van der Waals surface area (Å²) in [4.78, 5) is 25.4. The second kappa shape index (κ2) is 20.8. The molecule has 0 aliphatic carbocycles. The van der Waals surface area contributed by atoms with E-state index in [0.717, 1.165) is 18.4 Å². The van der Waals surface area contributed by atoms with Crippen molar-refractivity contribution in [2.24, 2.45) is 23.2 Å². The van der Waals surface area contributed by atoms with E-state index in [4.69, 9.17) is 18.9 Å². The molecule has 0 amide bonds. The number of allylic oxidation sites excluding steroid dienone is 6. The van der Waals surface area contributed by atoms with E-state index in [2.05, 4.69) is 45.6 Å². The lowest BCUT2D eigenvalue weighted by Crippen LogP contribution is -2.55. The summed E-state index contributed by atoms with van der Waals surface area (Å²) in [5.74, 6) is -0.561. The highest BCUT2D eigenvalue weighted by Gasteiger charge is 2.49. The molecule has 11 atom stereocenters. The zero-order valence-corrected chi connectivity index (χ0v) is 31.5. The molecule has 2 fully saturated rings. The minimum atomic E-state index is -1.37. The van der Waals surface area contributed by atoms with E-state index in [9.17, 15) is 24.9 Å². The third-order valence-corrected chi connectivity index (χ3v) is 10.8. The van der Waals surface area contributed by atoms with Crippen LogP contribution >= 0.6 is 0 Å². The summed E-state index contributed by atoms with van der Waals surface area (Å²) in [5.41, 5.74) is 0.818. The molecule has 3 aliphatic rings. The molecule has 0 aromatic rings. The number of ether oxygens (including phenoxy) is 4. The summed E-state index contributed by atoms with van der Waals surface area (Å²) in [6.07, 6.45) is 21.3. The number of esters is 2. The van der Waals surface area contributed by atoms with Crippen LogP contribution in [0.3, 0.4) is 0 Å². The van der Waals surface area contributed by atoms with E-state index < -0.39 is 41.8 Å². The molecule has 9 heteroatoms. The van der Waals surface area contributed by atoms with Gasteiger partial charge in [0.2, 0.25) is 0 Å². The predicted molar refractivity (Wildman–Crippen MR) is 199 cm³/mol. The highest BCUT2D eigenvalue weighted by atomic mass is 16.6. The van der Waals surface area contributed by atoms with Crippen molar-refractivity contribution in [3.63, 3.8) is 0 Å². The molecule has 0 aromatic carbocycles. The Bertz CT molecular complexity index is 1330. The third-order valence-electron chi connectivity index (χ3n) is 10.8. The quantitative estimate of drug-likeness (QED) is 0.159. The van der Waals surface area contributed by atoms with Crippen molar-refractivity contribution in [1.29, 1.82) is 0 Å². The molecule has 3 heterocycles. The van der Waals surface area contributed by atoms with E-state index in [0.29, 0.717) is 43.1 Å². The third kappa shape index (κ3) is 12.8. The number of carbonyl (C=O) groups is 2. The van der Waals surface area contributed by atoms with Crippen molar-refractivity contribution >= 4 is 11.9 Å². The average molecular weight is 711 g/mol. The van der Waals surface area contributed by atoms with E-state index >= 15 is 0 Å². The van der Waals surface area contributed by atoms with E-state index in [1.54, 1.807) is 18.2 Å². The van der Waals surface area contributed by atoms with Gasteiger partial charge in [-0.15, -0.1) is 0 Å². The lowest BCUT2D eigenvalue weighted by atomic mass is 9.73. The molecule has 0 radical (unpaired) electrons. The van der Waals surface area contributed by atoms with Crippen molar-refractivity contribution in [2.45, 2.75) is 129 Å². The highest BCUT2D eigenvalue weighted by molar-refractivity contribution is 5.82. The summed E-state index contributed by atoms with van der Waals surface area (Å²) in [7, 11) is 0. The van der Waals surface area contributed by atoms with Crippen LogP contribution in [0.15, 0.2) is 84.6 Å². The van der Waals surface area contributed by atoms with Gasteiger partial charge in [-0.1, -0.05) is 108 Å². The summed E-state index contributed by atoms with van der Waals surface area (Å²) in [6.45, 7) is 15.7. The normalized spacial score (nSPS) is 35.4. The molecule has 2 saturated heterocycles. The van der Waals surface area contributed by atoms with Gasteiger partial charge >= 0.3 is 11.9 Å². The van der Waals surface area contributed by atoms with E-state index in [-0.39, 0.29) is 43.9 Å².